The smallest absolute Gasteiger partial charge is 0.336 e. The number of hydrogen-bond donors (Lipinski definition) is 7. The van der Waals surface area contributed by atoms with Gasteiger partial charge < -0.3 is 35.7 Å². The highest BCUT2D eigenvalue weighted by Crippen LogP contribution is 2.21. The van der Waals surface area contributed by atoms with Crippen LogP contribution >= 0.6 is 0 Å². The van der Waals surface area contributed by atoms with Crippen molar-refractivity contribution in [2.75, 3.05) is 0 Å². The van der Waals surface area contributed by atoms with Gasteiger partial charge in [0, 0.05) is 5.92 Å². The van der Waals surface area contributed by atoms with Crippen LogP contribution < -0.4 is 0 Å². The molecule has 10 heteroatoms. The molecule has 0 saturated heterocycles. The molecule has 10 nitrogen and oxygen atoms in total. The third kappa shape index (κ3) is 10.9. The molecule has 0 fully saturated rings. The van der Waals surface area contributed by atoms with Crippen molar-refractivity contribution in [3.8, 4) is 0 Å². The number of carbonyl (C=O) groups is 3. The SMILES string of the molecule is CCCCC(CC)C(O)(O)O.O=C(O)CC(O)(CC(=O)O)C(=O)O. The molecule has 0 aliphatic heterocycles. The Morgan fingerprint density at radius 2 is 1.29 bits per heavy atom. The molecular formula is C14H26O10. The van der Waals surface area contributed by atoms with E-state index in [4.69, 9.17) is 35.7 Å². The molecule has 0 aromatic carbocycles. The van der Waals surface area contributed by atoms with Crippen LogP contribution in [0.3, 0.4) is 0 Å². The Morgan fingerprint density at radius 1 is 0.875 bits per heavy atom. The van der Waals surface area contributed by atoms with Crippen LogP contribution in [0.1, 0.15) is 52.4 Å². The molecule has 1 atom stereocenters. The molecule has 0 rings (SSSR count). The van der Waals surface area contributed by atoms with Gasteiger partial charge in [-0.1, -0.05) is 26.7 Å². The second-order valence-electron chi connectivity index (χ2n) is 5.41. The van der Waals surface area contributed by atoms with Gasteiger partial charge in [-0.05, 0) is 12.8 Å². The number of aliphatic hydroxyl groups is 4. The minimum atomic E-state index is -2.74. The van der Waals surface area contributed by atoms with Gasteiger partial charge in [-0.25, -0.2) is 4.79 Å². The standard InChI is InChI=1S/C8H18O3.C6H8O7/c1-3-5-6-7(4-2)8(9,10)11;7-3(8)1-6(13,5(11)12)2-4(9)10/h7,9-11H,3-6H2,1-2H3;13H,1-2H2,(H,7,8)(H,9,10)(H,11,12). The molecule has 0 spiro atoms. The first-order valence-corrected chi connectivity index (χ1v) is 7.36. The molecule has 0 aliphatic carbocycles. The van der Waals surface area contributed by atoms with Gasteiger partial charge in [-0.3, -0.25) is 9.59 Å². The fourth-order valence-corrected chi connectivity index (χ4v) is 1.84. The molecule has 0 radical (unpaired) electrons. The van der Waals surface area contributed by atoms with E-state index in [9.17, 15) is 14.4 Å². The predicted molar refractivity (Wildman–Crippen MR) is 79.8 cm³/mol. The van der Waals surface area contributed by atoms with E-state index < -0.39 is 48.2 Å². The van der Waals surface area contributed by atoms with E-state index in [1.807, 2.05) is 13.8 Å². The van der Waals surface area contributed by atoms with Gasteiger partial charge >= 0.3 is 17.9 Å². The van der Waals surface area contributed by atoms with E-state index in [1.165, 1.54) is 0 Å². The summed E-state index contributed by atoms with van der Waals surface area (Å²) in [7, 11) is 0. The summed E-state index contributed by atoms with van der Waals surface area (Å²) >= 11 is 0. The van der Waals surface area contributed by atoms with Crippen molar-refractivity contribution >= 4 is 17.9 Å². The van der Waals surface area contributed by atoms with Crippen molar-refractivity contribution in [3.05, 3.63) is 0 Å². The summed E-state index contributed by atoms with van der Waals surface area (Å²) in [6, 6.07) is 0. The summed E-state index contributed by atoms with van der Waals surface area (Å²) in [6.45, 7) is 3.86. The van der Waals surface area contributed by atoms with E-state index in [0.717, 1.165) is 12.8 Å². The molecule has 0 aromatic rings. The van der Waals surface area contributed by atoms with Crippen LogP contribution in [-0.2, 0) is 14.4 Å². The first-order valence-electron chi connectivity index (χ1n) is 7.36. The number of carboxylic acid groups (broad SMARTS) is 3. The Hall–Kier alpha value is -1.75. The Bertz CT molecular complexity index is 396. The van der Waals surface area contributed by atoms with Gasteiger partial charge in [0.05, 0.1) is 12.8 Å². The maximum Gasteiger partial charge on any atom is 0.336 e. The molecule has 0 bridgehead atoms. The number of carboxylic acids is 3. The molecule has 7 N–H and O–H groups in total. The summed E-state index contributed by atoms with van der Waals surface area (Å²) in [5, 5.41) is 60.3. The third-order valence-electron chi connectivity index (χ3n) is 3.23. The highest BCUT2D eigenvalue weighted by Gasteiger charge is 2.40. The number of rotatable bonds is 10. The zero-order valence-electron chi connectivity index (χ0n) is 13.7. The first kappa shape index (κ1) is 24.5. The third-order valence-corrected chi connectivity index (χ3v) is 3.23. The van der Waals surface area contributed by atoms with E-state index >= 15 is 0 Å². The van der Waals surface area contributed by atoms with Crippen molar-refractivity contribution in [3.63, 3.8) is 0 Å². The maximum atomic E-state index is 10.3. The maximum absolute atomic E-state index is 10.3. The topological polar surface area (TPSA) is 193 Å². The normalized spacial score (nSPS) is 12.8. The van der Waals surface area contributed by atoms with Crippen molar-refractivity contribution in [1.29, 1.82) is 0 Å². The monoisotopic (exact) mass is 354 g/mol. The Labute approximate surface area is 139 Å². The lowest BCUT2D eigenvalue weighted by Crippen LogP contribution is -2.42. The molecule has 24 heavy (non-hydrogen) atoms. The van der Waals surface area contributed by atoms with Gasteiger partial charge in [-0.2, -0.15) is 0 Å². The molecule has 0 aromatic heterocycles. The van der Waals surface area contributed by atoms with Crippen LogP contribution in [0.4, 0.5) is 0 Å². The zero-order valence-corrected chi connectivity index (χ0v) is 13.7. The van der Waals surface area contributed by atoms with Gasteiger partial charge in [0.15, 0.2) is 5.60 Å². The van der Waals surface area contributed by atoms with Crippen molar-refractivity contribution in [1.82, 2.24) is 0 Å². The van der Waals surface area contributed by atoms with Crippen LogP contribution in [0.25, 0.3) is 0 Å². The molecular weight excluding hydrogens is 328 g/mol. The lowest BCUT2D eigenvalue weighted by molar-refractivity contribution is -0.343. The van der Waals surface area contributed by atoms with Crippen LogP contribution in [-0.4, -0.2) is 65.2 Å². The highest BCUT2D eigenvalue weighted by molar-refractivity contribution is 5.88. The van der Waals surface area contributed by atoms with Gasteiger partial charge in [-0.15, -0.1) is 0 Å². The molecule has 0 saturated carbocycles. The van der Waals surface area contributed by atoms with E-state index in [1.54, 1.807) is 0 Å². The van der Waals surface area contributed by atoms with Crippen LogP contribution in [0.15, 0.2) is 0 Å². The van der Waals surface area contributed by atoms with Crippen LogP contribution in [0.5, 0.6) is 0 Å². The predicted octanol–water partition coefficient (Wildman–Crippen LogP) is -0.415. The highest BCUT2D eigenvalue weighted by atomic mass is 16.7. The summed E-state index contributed by atoms with van der Waals surface area (Å²) in [6.07, 6.45) is 0.887. The average Bonchev–Trinajstić information content (AvgIpc) is 2.36. The Morgan fingerprint density at radius 3 is 1.50 bits per heavy atom. The molecule has 0 heterocycles. The molecule has 1 unspecified atom stereocenters. The minimum Gasteiger partial charge on any atom is -0.481 e. The van der Waals surface area contributed by atoms with Crippen LogP contribution in [0, 0.1) is 5.92 Å². The van der Waals surface area contributed by atoms with Crippen LogP contribution in [0.2, 0.25) is 0 Å². The lowest BCUT2D eigenvalue weighted by atomic mass is 9.96. The summed E-state index contributed by atoms with van der Waals surface area (Å²) < 4.78 is 0. The van der Waals surface area contributed by atoms with Crippen molar-refractivity contribution in [2.45, 2.75) is 63.9 Å². The fourth-order valence-electron chi connectivity index (χ4n) is 1.84. The van der Waals surface area contributed by atoms with E-state index in [0.29, 0.717) is 12.8 Å². The quantitative estimate of drug-likeness (QED) is 0.253. The summed E-state index contributed by atoms with van der Waals surface area (Å²) in [5.74, 6) is -7.92. The molecule has 0 aliphatic rings. The number of unbranched alkanes of at least 4 members (excludes halogenated alkanes) is 1. The second-order valence-corrected chi connectivity index (χ2v) is 5.41. The van der Waals surface area contributed by atoms with Crippen molar-refractivity contribution < 1.29 is 50.1 Å². The van der Waals surface area contributed by atoms with Gasteiger partial charge in [0.1, 0.15) is 0 Å². The summed E-state index contributed by atoms with van der Waals surface area (Å²) in [4.78, 5) is 30.5. The number of hydrogen-bond acceptors (Lipinski definition) is 7. The number of aliphatic carboxylic acids is 3. The molecule has 0 amide bonds. The Balaban J connectivity index is 0. The first-order chi connectivity index (χ1) is 10.8. The minimum absolute atomic E-state index is 0.414. The van der Waals surface area contributed by atoms with Crippen molar-refractivity contribution in [2.24, 2.45) is 5.92 Å². The van der Waals surface area contributed by atoms with Gasteiger partial charge in [0.25, 0.3) is 5.97 Å². The van der Waals surface area contributed by atoms with Gasteiger partial charge in [0.2, 0.25) is 0 Å². The van der Waals surface area contributed by atoms with E-state index in [-0.39, 0.29) is 0 Å². The average molecular weight is 354 g/mol. The zero-order chi connectivity index (χ0) is 19.6. The fraction of sp³-hybridized carbons (Fsp3) is 0.786. The largest absolute Gasteiger partial charge is 0.481 e. The second kappa shape index (κ2) is 10.9. The Kier molecular flexibility index (Phi) is 11.1. The summed E-state index contributed by atoms with van der Waals surface area (Å²) in [5.41, 5.74) is -2.74. The lowest BCUT2D eigenvalue weighted by Gasteiger charge is -2.24. The van der Waals surface area contributed by atoms with E-state index in [2.05, 4.69) is 0 Å². The molecule has 142 valence electrons.